The fraction of sp³-hybridized carbons (Fsp3) is 0.400. The molecule has 0 radical (unpaired) electrons. The Morgan fingerprint density at radius 2 is 1.82 bits per heavy atom. The summed E-state index contributed by atoms with van der Waals surface area (Å²) < 4.78 is 30.1. The van der Waals surface area contributed by atoms with Crippen molar-refractivity contribution in [3.8, 4) is 0 Å². The summed E-state index contributed by atoms with van der Waals surface area (Å²) in [5, 5.41) is 2.74. The van der Waals surface area contributed by atoms with E-state index in [9.17, 15) is 13.3 Å². The molecule has 94 valence electrons. The van der Waals surface area contributed by atoms with E-state index in [0.717, 1.165) is 5.69 Å². The van der Waals surface area contributed by atoms with Crippen molar-refractivity contribution in [3.63, 3.8) is 0 Å². The van der Waals surface area contributed by atoms with Crippen LogP contribution in [0.25, 0.3) is 0 Å². The molecule has 0 saturated carbocycles. The molecule has 0 aromatic heterocycles. The van der Waals surface area contributed by atoms with E-state index < -0.39 is 10.1 Å². The molecule has 1 rings (SSSR count). The molecule has 1 N–H and O–H groups in total. The molecule has 6 nitrogen and oxygen atoms in total. The van der Waals surface area contributed by atoms with Gasteiger partial charge in [0, 0.05) is 18.8 Å². The third-order valence-corrected chi connectivity index (χ3v) is 2.90. The third kappa shape index (κ3) is 5.41. The maximum atomic E-state index is 10.7. The summed E-state index contributed by atoms with van der Waals surface area (Å²) in [6.45, 7) is 0.516. The highest BCUT2D eigenvalue weighted by molar-refractivity contribution is 7.85. The van der Waals surface area contributed by atoms with Gasteiger partial charge in [-0.3, -0.25) is 4.55 Å². The normalized spacial score (nSPS) is 11.1. The molecule has 0 aliphatic carbocycles. The van der Waals surface area contributed by atoms with Crippen LogP contribution < -0.4 is 4.90 Å². The van der Waals surface area contributed by atoms with Crippen molar-refractivity contribution in [1.82, 2.24) is 0 Å². The Kier molecular flexibility index (Phi) is 5.05. The lowest BCUT2D eigenvalue weighted by atomic mass is 10.3. The van der Waals surface area contributed by atoms with Gasteiger partial charge in [-0.1, -0.05) is 23.4 Å². The molecule has 1 aromatic rings. The predicted molar refractivity (Wildman–Crippen MR) is 65.7 cm³/mol. The van der Waals surface area contributed by atoms with E-state index in [1.807, 2.05) is 18.2 Å². The number of rotatable bonds is 7. The number of nitroso groups, excluding NO2 is 1. The van der Waals surface area contributed by atoms with Crippen LogP contribution in [-0.2, 0) is 10.1 Å². The fourth-order valence-electron chi connectivity index (χ4n) is 1.40. The second kappa shape index (κ2) is 6.31. The first kappa shape index (κ1) is 13.6. The first-order chi connectivity index (χ1) is 8.03. The maximum absolute atomic E-state index is 10.7. The molecule has 17 heavy (non-hydrogen) atoms. The SMILES string of the molecule is O=NCCN(CCS(=O)(=O)O)c1ccccc1. The number of para-hydroxylation sites is 1. The van der Waals surface area contributed by atoms with Crippen molar-refractivity contribution in [3.05, 3.63) is 35.2 Å². The van der Waals surface area contributed by atoms with E-state index in [1.54, 1.807) is 17.0 Å². The Labute approximate surface area is 100.0 Å². The van der Waals surface area contributed by atoms with Crippen LogP contribution in [0.1, 0.15) is 0 Å². The molecule has 0 bridgehead atoms. The summed E-state index contributed by atoms with van der Waals surface area (Å²) in [6, 6.07) is 9.06. The van der Waals surface area contributed by atoms with Crippen LogP contribution in [0.3, 0.4) is 0 Å². The smallest absolute Gasteiger partial charge is 0.266 e. The standard InChI is InChI=1S/C10H14N2O4S/c13-11-6-7-12(8-9-17(14,15)16)10-4-2-1-3-5-10/h1-5H,6-9H2,(H,14,15,16). The minimum absolute atomic E-state index is 0.0698. The second-order valence-corrected chi connectivity index (χ2v) is 5.03. The van der Waals surface area contributed by atoms with E-state index in [1.165, 1.54) is 0 Å². The molecule has 0 unspecified atom stereocenters. The van der Waals surface area contributed by atoms with Gasteiger partial charge in [0.25, 0.3) is 10.1 Å². The fourth-order valence-corrected chi connectivity index (χ4v) is 1.85. The molecule has 0 atom stereocenters. The van der Waals surface area contributed by atoms with Gasteiger partial charge in [-0.2, -0.15) is 13.3 Å². The minimum Gasteiger partial charge on any atom is -0.368 e. The van der Waals surface area contributed by atoms with Crippen LogP contribution in [0.15, 0.2) is 35.5 Å². The lowest BCUT2D eigenvalue weighted by molar-refractivity contribution is 0.482. The Bertz CT molecular complexity index is 447. The second-order valence-electron chi connectivity index (χ2n) is 3.46. The van der Waals surface area contributed by atoms with Crippen molar-refractivity contribution in [2.45, 2.75) is 0 Å². The average molecular weight is 258 g/mol. The Balaban J connectivity index is 2.70. The molecule has 0 aliphatic heterocycles. The van der Waals surface area contributed by atoms with Crippen molar-refractivity contribution >= 4 is 15.8 Å². The number of benzene rings is 1. The summed E-state index contributed by atoms with van der Waals surface area (Å²) in [7, 11) is -4.00. The highest BCUT2D eigenvalue weighted by atomic mass is 32.2. The molecule has 0 spiro atoms. The van der Waals surface area contributed by atoms with Crippen molar-refractivity contribution in [2.75, 3.05) is 30.3 Å². The Hall–Kier alpha value is -1.47. The predicted octanol–water partition coefficient (Wildman–Crippen LogP) is 1.15. The summed E-state index contributed by atoms with van der Waals surface area (Å²) in [6.07, 6.45) is 0. The number of anilines is 1. The minimum atomic E-state index is -4.00. The lowest BCUT2D eigenvalue weighted by Gasteiger charge is -2.22. The highest BCUT2D eigenvalue weighted by Gasteiger charge is 2.11. The Morgan fingerprint density at radius 1 is 1.18 bits per heavy atom. The molecule has 0 heterocycles. The maximum Gasteiger partial charge on any atom is 0.266 e. The van der Waals surface area contributed by atoms with Crippen molar-refractivity contribution in [1.29, 1.82) is 0 Å². The van der Waals surface area contributed by atoms with Crippen LogP contribution in [0, 0.1) is 4.91 Å². The van der Waals surface area contributed by atoms with Gasteiger partial charge in [0.1, 0.15) is 0 Å². The Morgan fingerprint density at radius 3 is 2.35 bits per heavy atom. The van der Waals surface area contributed by atoms with E-state index in [2.05, 4.69) is 5.18 Å². The first-order valence-electron chi connectivity index (χ1n) is 5.07. The van der Waals surface area contributed by atoms with Crippen molar-refractivity contribution in [2.24, 2.45) is 5.18 Å². The topological polar surface area (TPSA) is 87.0 Å². The largest absolute Gasteiger partial charge is 0.368 e. The molecule has 0 saturated heterocycles. The van der Waals surface area contributed by atoms with Gasteiger partial charge in [-0.15, -0.1) is 0 Å². The molecule has 0 amide bonds. The van der Waals surface area contributed by atoms with Crippen LogP contribution in [-0.4, -0.2) is 38.4 Å². The molecule has 7 heteroatoms. The molecular formula is C10H14N2O4S. The van der Waals surface area contributed by atoms with Crippen LogP contribution in [0.4, 0.5) is 5.69 Å². The number of hydrogen-bond donors (Lipinski definition) is 1. The quantitative estimate of drug-likeness (QED) is 0.585. The summed E-state index contributed by atoms with van der Waals surface area (Å²) >= 11 is 0. The lowest BCUT2D eigenvalue weighted by Crippen LogP contribution is -2.31. The van der Waals surface area contributed by atoms with E-state index >= 15 is 0 Å². The van der Waals surface area contributed by atoms with Gasteiger partial charge in [-0.05, 0) is 12.1 Å². The third-order valence-electron chi connectivity index (χ3n) is 2.20. The molecule has 0 fully saturated rings. The van der Waals surface area contributed by atoms with E-state index in [-0.39, 0.29) is 18.8 Å². The molecular weight excluding hydrogens is 244 g/mol. The van der Waals surface area contributed by atoms with Crippen LogP contribution >= 0.6 is 0 Å². The van der Waals surface area contributed by atoms with Crippen LogP contribution in [0.5, 0.6) is 0 Å². The summed E-state index contributed by atoms with van der Waals surface area (Å²) in [4.78, 5) is 11.8. The van der Waals surface area contributed by atoms with Crippen LogP contribution in [0.2, 0.25) is 0 Å². The summed E-state index contributed by atoms with van der Waals surface area (Å²) in [5.41, 5.74) is 0.791. The average Bonchev–Trinajstić information content (AvgIpc) is 2.29. The van der Waals surface area contributed by atoms with E-state index in [0.29, 0.717) is 6.54 Å². The summed E-state index contributed by atoms with van der Waals surface area (Å²) in [5.74, 6) is -0.374. The zero-order valence-electron chi connectivity index (χ0n) is 9.19. The zero-order valence-corrected chi connectivity index (χ0v) is 10.0. The van der Waals surface area contributed by atoms with Crippen molar-refractivity contribution < 1.29 is 13.0 Å². The number of hydrogen-bond acceptors (Lipinski definition) is 5. The number of nitrogens with zero attached hydrogens (tertiary/aromatic N) is 2. The van der Waals surface area contributed by atoms with Gasteiger partial charge in [0.05, 0.1) is 12.3 Å². The molecule has 1 aromatic carbocycles. The van der Waals surface area contributed by atoms with Gasteiger partial charge in [0.15, 0.2) is 0 Å². The first-order valence-corrected chi connectivity index (χ1v) is 6.68. The monoisotopic (exact) mass is 258 g/mol. The van der Waals surface area contributed by atoms with Gasteiger partial charge < -0.3 is 4.90 Å². The van der Waals surface area contributed by atoms with E-state index in [4.69, 9.17) is 4.55 Å². The van der Waals surface area contributed by atoms with Gasteiger partial charge >= 0.3 is 0 Å². The van der Waals surface area contributed by atoms with Gasteiger partial charge in [0.2, 0.25) is 0 Å². The highest BCUT2D eigenvalue weighted by Crippen LogP contribution is 2.12. The van der Waals surface area contributed by atoms with Gasteiger partial charge in [-0.25, -0.2) is 0 Å². The molecule has 0 aliphatic rings. The zero-order chi connectivity index (χ0) is 12.7.